The van der Waals surface area contributed by atoms with Gasteiger partial charge >= 0.3 is 5.97 Å². The summed E-state index contributed by atoms with van der Waals surface area (Å²) in [4.78, 5) is 22.3. The minimum Gasteiger partial charge on any atom is -0.479 e. The van der Waals surface area contributed by atoms with Crippen molar-refractivity contribution in [1.29, 1.82) is 0 Å². The molecular formula is C9H10BrNO5. The third-order valence-electron chi connectivity index (χ3n) is 1.97. The normalized spacial score (nSPS) is 14.2. The van der Waals surface area contributed by atoms with Gasteiger partial charge < -0.3 is 19.9 Å². The molecule has 0 fully saturated rings. The minimum atomic E-state index is -1.73. The number of nitrogens with one attached hydrogen (secondary N) is 1. The van der Waals surface area contributed by atoms with E-state index in [-0.39, 0.29) is 5.76 Å². The SMILES string of the molecule is CC(CO)(NC(=O)c1ccc(Br)o1)C(=O)O. The molecule has 0 aliphatic carbocycles. The Hall–Kier alpha value is -1.34. The Morgan fingerprint density at radius 1 is 1.56 bits per heavy atom. The number of aliphatic carboxylic acids is 1. The summed E-state index contributed by atoms with van der Waals surface area (Å²) in [6.07, 6.45) is 0. The molecule has 1 heterocycles. The van der Waals surface area contributed by atoms with Gasteiger partial charge in [0.2, 0.25) is 0 Å². The third kappa shape index (κ3) is 2.61. The van der Waals surface area contributed by atoms with Crippen LogP contribution < -0.4 is 5.32 Å². The van der Waals surface area contributed by atoms with Gasteiger partial charge in [0.1, 0.15) is 0 Å². The minimum absolute atomic E-state index is 0.0344. The van der Waals surface area contributed by atoms with Crippen LogP contribution in [-0.2, 0) is 4.79 Å². The highest BCUT2D eigenvalue weighted by Gasteiger charge is 2.35. The number of aliphatic hydroxyl groups excluding tert-OH is 1. The Bertz CT molecular complexity index is 416. The summed E-state index contributed by atoms with van der Waals surface area (Å²) < 4.78 is 5.31. The Balaban J connectivity index is 2.81. The molecule has 0 spiro atoms. The third-order valence-corrected chi connectivity index (χ3v) is 2.40. The predicted octanol–water partition coefficient (Wildman–Crippen LogP) is 0.608. The zero-order valence-electron chi connectivity index (χ0n) is 8.36. The molecule has 0 aliphatic heterocycles. The number of carboxylic acids is 1. The second-order valence-electron chi connectivity index (χ2n) is 3.35. The smallest absolute Gasteiger partial charge is 0.331 e. The average molecular weight is 292 g/mol. The van der Waals surface area contributed by atoms with E-state index in [9.17, 15) is 9.59 Å². The van der Waals surface area contributed by atoms with Crippen molar-refractivity contribution in [3.8, 4) is 0 Å². The maximum Gasteiger partial charge on any atom is 0.331 e. The molecule has 1 atom stereocenters. The lowest BCUT2D eigenvalue weighted by Crippen LogP contribution is -2.54. The molecule has 0 aromatic carbocycles. The highest BCUT2D eigenvalue weighted by molar-refractivity contribution is 9.10. The van der Waals surface area contributed by atoms with E-state index in [0.717, 1.165) is 0 Å². The first-order valence-corrected chi connectivity index (χ1v) is 5.10. The van der Waals surface area contributed by atoms with Crippen molar-refractivity contribution >= 4 is 27.8 Å². The monoisotopic (exact) mass is 291 g/mol. The van der Waals surface area contributed by atoms with Crippen LogP contribution in [0, 0.1) is 0 Å². The van der Waals surface area contributed by atoms with Crippen LogP contribution in [0.4, 0.5) is 0 Å². The number of halogens is 1. The Morgan fingerprint density at radius 3 is 2.56 bits per heavy atom. The molecule has 1 rings (SSSR count). The number of carboxylic acid groups (broad SMARTS) is 1. The van der Waals surface area contributed by atoms with Gasteiger partial charge in [0, 0.05) is 0 Å². The van der Waals surface area contributed by atoms with Gasteiger partial charge in [-0.1, -0.05) is 0 Å². The topological polar surface area (TPSA) is 99.8 Å². The molecular weight excluding hydrogens is 282 g/mol. The maximum atomic E-state index is 11.5. The van der Waals surface area contributed by atoms with Crippen LogP contribution in [0.2, 0.25) is 0 Å². The molecule has 6 nitrogen and oxygen atoms in total. The van der Waals surface area contributed by atoms with E-state index in [1.165, 1.54) is 19.1 Å². The first kappa shape index (κ1) is 12.7. The molecule has 0 saturated carbocycles. The van der Waals surface area contributed by atoms with Crippen molar-refractivity contribution in [2.75, 3.05) is 6.61 Å². The van der Waals surface area contributed by atoms with Crippen molar-refractivity contribution in [3.05, 3.63) is 22.6 Å². The van der Waals surface area contributed by atoms with Crippen LogP contribution in [-0.4, -0.2) is 34.2 Å². The summed E-state index contributed by atoms with van der Waals surface area (Å²) >= 11 is 3.01. The average Bonchev–Trinajstić information content (AvgIpc) is 2.64. The van der Waals surface area contributed by atoms with E-state index in [1.54, 1.807) is 0 Å². The summed E-state index contributed by atoms with van der Waals surface area (Å²) in [5.41, 5.74) is -1.73. The molecule has 3 N–H and O–H groups in total. The predicted molar refractivity (Wildman–Crippen MR) is 57.0 cm³/mol. The van der Waals surface area contributed by atoms with Gasteiger partial charge in [-0.2, -0.15) is 0 Å². The van der Waals surface area contributed by atoms with Gasteiger partial charge in [0.15, 0.2) is 16.0 Å². The fourth-order valence-corrected chi connectivity index (χ4v) is 1.22. The number of amides is 1. The lowest BCUT2D eigenvalue weighted by Gasteiger charge is -2.22. The molecule has 0 saturated heterocycles. The van der Waals surface area contributed by atoms with Gasteiger partial charge in [-0.15, -0.1) is 0 Å². The van der Waals surface area contributed by atoms with E-state index in [1.807, 2.05) is 0 Å². The number of carbonyl (C=O) groups is 2. The Morgan fingerprint density at radius 2 is 2.19 bits per heavy atom. The number of furan rings is 1. The maximum absolute atomic E-state index is 11.5. The van der Waals surface area contributed by atoms with Gasteiger partial charge in [-0.25, -0.2) is 4.79 Å². The summed E-state index contributed by atoms with van der Waals surface area (Å²) in [6.45, 7) is 0.487. The number of aliphatic hydroxyl groups is 1. The van der Waals surface area contributed by atoms with Crippen LogP contribution in [0.3, 0.4) is 0 Å². The van der Waals surface area contributed by atoms with E-state index < -0.39 is 24.0 Å². The van der Waals surface area contributed by atoms with Crippen LogP contribution in [0.15, 0.2) is 21.2 Å². The molecule has 88 valence electrons. The van der Waals surface area contributed by atoms with Gasteiger partial charge in [-0.3, -0.25) is 4.79 Å². The summed E-state index contributed by atoms with van der Waals surface area (Å²) in [5.74, 6) is -2.06. The quantitative estimate of drug-likeness (QED) is 0.755. The highest BCUT2D eigenvalue weighted by atomic mass is 79.9. The largest absolute Gasteiger partial charge is 0.479 e. The van der Waals surface area contributed by atoms with Crippen molar-refractivity contribution in [1.82, 2.24) is 5.32 Å². The van der Waals surface area contributed by atoms with Crippen LogP contribution in [0.5, 0.6) is 0 Å². The fraction of sp³-hybridized carbons (Fsp3) is 0.333. The second-order valence-corrected chi connectivity index (χ2v) is 4.13. The molecule has 1 unspecified atom stereocenters. The number of rotatable bonds is 4. The van der Waals surface area contributed by atoms with Crippen LogP contribution >= 0.6 is 15.9 Å². The van der Waals surface area contributed by atoms with Crippen LogP contribution in [0.1, 0.15) is 17.5 Å². The van der Waals surface area contributed by atoms with Gasteiger partial charge in [0.05, 0.1) is 6.61 Å². The molecule has 1 aromatic heterocycles. The summed E-state index contributed by atoms with van der Waals surface area (Å²) in [7, 11) is 0. The van der Waals surface area contributed by atoms with E-state index in [0.29, 0.717) is 4.67 Å². The molecule has 7 heteroatoms. The van der Waals surface area contributed by atoms with Crippen molar-refractivity contribution < 1.29 is 24.2 Å². The summed E-state index contributed by atoms with van der Waals surface area (Å²) in [5, 5.41) is 19.9. The van der Waals surface area contributed by atoms with E-state index in [4.69, 9.17) is 14.6 Å². The Labute approximate surface area is 99.4 Å². The van der Waals surface area contributed by atoms with Crippen molar-refractivity contribution in [2.45, 2.75) is 12.5 Å². The number of hydrogen-bond acceptors (Lipinski definition) is 4. The fourth-order valence-electron chi connectivity index (χ4n) is 0.909. The van der Waals surface area contributed by atoms with Crippen molar-refractivity contribution in [2.24, 2.45) is 0 Å². The number of hydrogen-bond donors (Lipinski definition) is 3. The first-order chi connectivity index (χ1) is 7.39. The van der Waals surface area contributed by atoms with Gasteiger partial charge in [0.25, 0.3) is 5.91 Å². The molecule has 16 heavy (non-hydrogen) atoms. The van der Waals surface area contributed by atoms with Gasteiger partial charge in [-0.05, 0) is 35.0 Å². The van der Waals surface area contributed by atoms with Crippen molar-refractivity contribution in [3.63, 3.8) is 0 Å². The first-order valence-electron chi connectivity index (χ1n) is 4.31. The molecule has 0 aliphatic rings. The van der Waals surface area contributed by atoms with Crippen LogP contribution in [0.25, 0.3) is 0 Å². The van der Waals surface area contributed by atoms with E-state index in [2.05, 4.69) is 21.2 Å². The number of carbonyl (C=O) groups excluding carboxylic acids is 1. The molecule has 1 amide bonds. The molecule has 1 aromatic rings. The second kappa shape index (κ2) is 4.67. The zero-order valence-corrected chi connectivity index (χ0v) is 9.94. The summed E-state index contributed by atoms with van der Waals surface area (Å²) in [6, 6.07) is 2.89. The Kier molecular flexibility index (Phi) is 3.71. The molecule has 0 bridgehead atoms. The standard InChI is InChI=1S/C9H10BrNO5/c1-9(4-12,8(14)15)11-7(13)5-2-3-6(10)16-5/h2-3,12H,4H2,1H3,(H,11,13)(H,14,15). The van der Waals surface area contributed by atoms with E-state index >= 15 is 0 Å². The lowest BCUT2D eigenvalue weighted by atomic mass is 10.0. The molecule has 0 radical (unpaired) electrons. The lowest BCUT2D eigenvalue weighted by molar-refractivity contribution is -0.145. The zero-order chi connectivity index (χ0) is 12.3. The highest BCUT2D eigenvalue weighted by Crippen LogP contribution is 2.15.